The van der Waals surface area contributed by atoms with Gasteiger partial charge in [0.2, 0.25) is 11.6 Å². The molecule has 0 radical (unpaired) electrons. The Bertz CT molecular complexity index is 1310. The molecule has 0 aliphatic rings. The van der Waals surface area contributed by atoms with Crippen LogP contribution in [0.2, 0.25) is 0 Å². The smallest absolute Gasteiger partial charge is 0.387 e. The Kier molecular flexibility index (Phi) is 6.93. The van der Waals surface area contributed by atoms with Crippen LogP contribution >= 0.6 is 11.3 Å². The minimum atomic E-state index is -3.00. The van der Waals surface area contributed by atoms with Gasteiger partial charge in [0.05, 0.1) is 17.6 Å². The molecule has 0 unspecified atom stereocenters. The van der Waals surface area contributed by atoms with Crippen molar-refractivity contribution >= 4 is 23.1 Å². The van der Waals surface area contributed by atoms with E-state index >= 15 is 0 Å². The van der Waals surface area contributed by atoms with Crippen LogP contribution in [0.1, 0.15) is 31.5 Å². The van der Waals surface area contributed by atoms with Crippen LogP contribution in [0.3, 0.4) is 0 Å². The van der Waals surface area contributed by atoms with Gasteiger partial charge in [0, 0.05) is 11.1 Å². The molecule has 0 aliphatic carbocycles. The maximum absolute atomic E-state index is 12.7. The molecule has 0 fully saturated rings. The van der Waals surface area contributed by atoms with Gasteiger partial charge in [0.15, 0.2) is 18.1 Å². The molecule has 0 N–H and O–H groups in total. The molecule has 174 valence electrons. The molecule has 2 aromatic carbocycles. The van der Waals surface area contributed by atoms with Gasteiger partial charge in [-0.2, -0.15) is 13.8 Å². The van der Waals surface area contributed by atoms with Gasteiger partial charge >= 0.3 is 12.6 Å². The number of ketones is 1. The number of esters is 1. The van der Waals surface area contributed by atoms with Crippen LogP contribution in [-0.4, -0.2) is 35.6 Å². The molecule has 0 spiro atoms. The molecular weight excluding hydrogens is 470 g/mol. The molecule has 4 aromatic rings. The third kappa shape index (κ3) is 5.09. The fourth-order valence-corrected chi connectivity index (χ4v) is 3.71. The van der Waals surface area contributed by atoms with Crippen molar-refractivity contribution in [1.29, 1.82) is 0 Å². The van der Waals surface area contributed by atoms with Crippen molar-refractivity contribution in [2.24, 2.45) is 0 Å². The summed E-state index contributed by atoms with van der Waals surface area (Å²) in [5.74, 6) is -0.970. The third-order valence-corrected chi connectivity index (χ3v) is 5.44. The summed E-state index contributed by atoms with van der Waals surface area (Å²) in [6, 6.07) is 13.9. The largest absolute Gasteiger partial charge is 0.493 e. The van der Waals surface area contributed by atoms with E-state index in [4.69, 9.17) is 14.0 Å². The third-order valence-electron chi connectivity index (χ3n) is 4.57. The van der Waals surface area contributed by atoms with Gasteiger partial charge in [0.1, 0.15) is 0 Å². The molecule has 0 atom stereocenters. The fourth-order valence-electron chi connectivity index (χ4n) is 3.04. The zero-order valence-corrected chi connectivity index (χ0v) is 18.4. The highest BCUT2D eigenvalue weighted by molar-refractivity contribution is 7.12. The quantitative estimate of drug-likeness (QED) is 0.241. The number of nitrogens with zero attached hydrogens (tertiary/aromatic N) is 2. The zero-order valence-electron chi connectivity index (χ0n) is 17.6. The van der Waals surface area contributed by atoms with Crippen LogP contribution in [0.5, 0.6) is 11.5 Å². The molecule has 2 heterocycles. The van der Waals surface area contributed by atoms with Crippen LogP contribution in [-0.2, 0) is 11.3 Å². The lowest BCUT2D eigenvalue weighted by molar-refractivity contribution is -0.0512. The van der Waals surface area contributed by atoms with Gasteiger partial charge < -0.3 is 18.7 Å². The van der Waals surface area contributed by atoms with Crippen molar-refractivity contribution < 1.29 is 37.1 Å². The predicted octanol–water partition coefficient (Wildman–Crippen LogP) is 5.00. The standard InChI is InChI=1S/C23H16F2N2O6S/c1-30-17-11-13(8-9-16(17)32-23(24)25)21-26-19(33-27-21)12-31-22(29)15-6-3-2-5-14(15)20(28)18-7-4-10-34-18/h2-11,23H,12H2,1H3. The Morgan fingerprint density at radius 1 is 1.06 bits per heavy atom. The van der Waals surface area contributed by atoms with E-state index in [1.54, 1.807) is 35.7 Å². The number of carbonyl (C=O) groups excluding carboxylic acids is 2. The Labute approximate surface area is 195 Å². The highest BCUT2D eigenvalue weighted by Gasteiger charge is 2.21. The van der Waals surface area contributed by atoms with Crippen molar-refractivity contribution in [2.45, 2.75) is 13.2 Å². The number of rotatable bonds is 9. The average molecular weight is 486 g/mol. The number of carbonyl (C=O) groups is 2. The first-order valence-corrected chi connectivity index (χ1v) is 10.6. The molecule has 34 heavy (non-hydrogen) atoms. The maximum Gasteiger partial charge on any atom is 0.387 e. The SMILES string of the molecule is COc1cc(-c2noc(COC(=O)c3ccccc3C(=O)c3cccs3)n2)ccc1OC(F)F. The number of benzene rings is 2. The van der Waals surface area contributed by atoms with Crippen molar-refractivity contribution in [3.05, 3.63) is 81.9 Å². The summed E-state index contributed by atoms with van der Waals surface area (Å²) < 4.78 is 44.8. The molecule has 0 aliphatic heterocycles. The first-order chi connectivity index (χ1) is 16.5. The Balaban J connectivity index is 1.46. The normalized spacial score (nSPS) is 10.8. The molecule has 2 aromatic heterocycles. The van der Waals surface area contributed by atoms with Crippen LogP contribution in [0, 0.1) is 0 Å². The average Bonchev–Trinajstić information content (AvgIpc) is 3.55. The predicted molar refractivity (Wildman–Crippen MR) is 116 cm³/mol. The van der Waals surface area contributed by atoms with Gasteiger partial charge in [0.25, 0.3) is 5.89 Å². The van der Waals surface area contributed by atoms with Gasteiger partial charge in [-0.15, -0.1) is 11.3 Å². The second-order valence-electron chi connectivity index (χ2n) is 6.68. The van der Waals surface area contributed by atoms with E-state index < -0.39 is 12.6 Å². The molecule has 0 saturated heterocycles. The summed E-state index contributed by atoms with van der Waals surface area (Å²) in [5.41, 5.74) is 0.742. The monoisotopic (exact) mass is 486 g/mol. The van der Waals surface area contributed by atoms with Crippen molar-refractivity contribution in [3.63, 3.8) is 0 Å². The minimum absolute atomic E-state index is 0.00251. The molecule has 8 nitrogen and oxygen atoms in total. The highest BCUT2D eigenvalue weighted by Crippen LogP contribution is 2.32. The van der Waals surface area contributed by atoms with E-state index in [1.807, 2.05) is 0 Å². The first-order valence-electron chi connectivity index (χ1n) is 9.76. The molecule has 11 heteroatoms. The lowest BCUT2D eigenvalue weighted by atomic mass is 10.0. The van der Waals surface area contributed by atoms with E-state index in [0.717, 1.165) is 0 Å². The van der Waals surface area contributed by atoms with E-state index in [1.165, 1.54) is 42.7 Å². The van der Waals surface area contributed by atoms with Gasteiger partial charge in [-0.3, -0.25) is 4.79 Å². The number of thiophene rings is 1. The number of hydrogen-bond donors (Lipinski definition) is 0. The summed E-state index contributed by atoms with van der Waals surface area (Å²) in [4.78, 5) is 30.0. The van der Waals surface area contributed by atoms with Gasteiger partial charge in [-0.1, -0.05) is 29.4 Å². The van der Waals surface area contributed by atoms with Crippen molar-refractivity contribution in [3.8, 4) is 22.9 Å². The van der Waals surface area contributed by atoms with Crippen LogP contribution in [0.15, 0.2) is 64.5 Å². The summed E-state index contributed by atoms with van der Waals surface area (Å²) in [7, 11) is 1.31. The van der Waals surface area contributed by atoms with Crippen molar-refractivity contribution in [1.82, 2.24) is 10.1 Å². The molecule has 0 bridgehead atoms. The molecule has 0 saturated carbocycles. The van der Waals surface area contributed by atoms with Crippen LogP contribution in [0.4, 0.5) is 8.78 Å². The number of halogens is 2. The summed E-state index contributed by atoms with van der Waals surface area (Å²) in [6.45, 7) is -3.34. The van der Waals surface area contributed by atoms with Gasteiger partial charge in [-0.25, -0.2) is 4.79 Å². The Hall–Kier alpha value is -4.12. The Morgan fingerprint density at radius 3 is 2.56 bits per heavy atom. The summed E-state index contributed by atoms with van der Waals surface area (Å²) in [6.07, 6.45) is 0. The van der Waals surface area contributed by atoms with Crippen LogP contribution < -0.4 is 9.47 Å². The Morgan fingerprint density at radius 2 is 1.85 bits per heavy atom. The molecule has 4 rings (SSSR count). The maximum atomic E-state index is 12.7. The number of ether oxygens (including phenoxy) is 3. The number of aromatic nitrogens is 2. The lowest BCUT2D eigenvalue weighted by Gasteiger charge is -2.10. The van der Waals surface area contributed by atoms with E-state index in [2.05, 4.69) is 14.9 Å². The van der Waals surface area contributed by atoms with E-state index in [9.17, 15) is 18.4 Å². The second kappa shape index (κ2) is 10.2. The van der Waals surface area contributed by atoms with Crippen LogP contribution in [0.25, 0.3) is 11.4 Å². The van der Waals surface area contributed by atoms with E-state index in [-0.39, 0.29) is 46.7 Å². The molecular formula is C23H16F2N2O6S. The number of hydrogen-bond acceptors (Lipinski definition) is 9. The number of methoxy groups -OCH3 is 1. The van der Waals surface area contributed by atoms with E-state index in [0.29, 0.717) is 10.4 Å². The topological polar surface area (TPSA) is 101 Å². The zero-order chi connectivity index (χ0) is 24.1. The summed E-state index contributed by atoms with van der Waals surface area (Å²) in [5, 5.41) is 5.58. The number of alkyl halides is 2. The van der Waals surface area contributed by atoms with Gasteiger partial charge in [-0.05, 0) is 35.7 Å². The lowest BCUT2D eigenvalue weighted by Crippen LogP contribution is -2.12. The van der Waals surface area contributed by atoms with Crippen molar-refractivity contribution in [2.75, 3.05) is 7.11 Å². The fraction of sp³-hybridized carbons (Fsp3) is 0.130. The summed E-state index contributed by atoms with van der Waals surface area (Å²) >= 11 is 1.27. The highest BCUT2D eigenvalue weighted by atomic mass is 32.1. The minimum Gasteiger partial charge on any atom is -0.493 e. The first kappa shape index (κ1) is 23.1. The second-order valence-corrected chi connectivity index (χ2v) is 7.63. The molecule has 0 amide bonds.